The molecule has 1 aromatic carbocycles. The Labute approximate surface area is 155 Å². The highest BCUT2D eigenvalue weighted by Crippen LogP contribution is 2.15. The number of hydrogen-bond donors (Lipinski definition) is 2. The number of likely N-dealkylation sites (N-methyl/N-ethyl adjacent to an activating group) is 1. The van der Waals surface area contributed by atoms with Gasteiger partial charge in [0.25, 0.3) is 0 Å². The van der Waals surface area contributed by atoms with Crippen LogP contribution < -0.4 is 16.0 Å². The monoisotopic (exact) mass is 353 g/mol. The largest absolute Gasteiger partial charge is 0.354 e. The zero-order chi connectivity index (χ0) is 18.5. The van der Waals surface area contributed by atoms with Gasteiger partial charge in [0.2, 0.25) is 5.91 Å². The number of piperazine rings is 1. The molecule has 2 heterocycles. The Kier molecular flexibility index (Phi) is 5.85. The summed E-state index contributed by atoms with van der Waals surface area (Å²) in [6.45, 7) is 6.47. The smallest absolute Gasteiger partial charge is 0.241 e. The molecule has 2 aromatic rings. The maximum absolute atomic E-state index is 12.4. The number of amides is 1. The SMILES string of the molecule is Cc1ccc(C(N)C(=O)NCc2ccnc(N3CCN(C)CC3)c2)cc1. The molecule has 138 valence electrons. The Morgan fingerprint density at radius 2 is 1.88 bits per heavy atom. The average molecular weight is 353 g/mol. The van der Waals surface area contributed by atoms with Crippen molar-refractivity contribution in [2.75, 3.05) is 38.1 Å². The first-order valence-corrected chi connectivity index (χ1v) is 9.01. The highest BCUT2D eigenvalue weighted by atomic mass is 16.2. The van der Waals surface area contributed by atoms with Crippen LogP contribution in [0.25, 0.3) is 0 Å². The molecular weight excluding hydrogens is 326 g/mol. The summed E-state index contributed by atoms with van der Waals surface area (Å²) in [5.74, 6) is 0.791. The molecule has 0 spiro atoms. The maximum Gasteiger partial charge on any atom is 0.241 e. The number of anilines is 1. The van der Waals surface area contributed by atoms with E-state index in [1.807, 2.05) is 43.3 Å². The molecule has 1 fully saturated rings. The minimum Gasteiger partial charge on any atom is -0.354 e. The van der Waals surface area contributed by atoms with Crippen LogP contribution >= 0.6 is 0 Å². The van der Waals surface area contributed by atoms with Crippen molar-refractivity contribution in [3.05, 3.63) is 59.3 Å². The van der Waals surface area contributed by atoms with Crippen LogP contribution in [0.3, 0.4) is 0 Å². The van der Waals surface area contributed by atoms with E-state index in [-0.39, 0.29) is 5.91 Å². The molecule has 6 nitrogen and oxygen atoms in total. The van der Waals surface area contributed by atoms with Gasteiger partial charge in [0.15, 0.2) is 0 Å². The van der Waals surface area contributed by atoms with Gasteiger partial charge in [0, 0.05) is 38.9 Å². The van der Waals surface area contributed by atoms with Gasteiger partial charge in [-0.1, -0.05) is 29.8 Å². The second-order valence-corrected chi connectivity index (χ2v) is 6.92. The minimum absolute atomic E-state index is 0.174. The molecule has 1 amide bonds. The summed E-state index contributed by atoms with van der Waals surface area (Å²) in [6, 6.07) is 11.0. The van der Waals surface area contributed by atoms with E-state index < -0.39 is 6.04 Å². The van der Waals surface area contributed by atoms with E-state index in [9.17, 15) is 4.79 Å². The highest BCUT2D eigenvalue weighted by Gasteiger charge is 2.17. The van der Waals surface area contributed by atoms with Crippen molar-refractivity contribution < 1.29 is 4.79 Å². The number of pyridine rings is 1. The predicted octanol–water partition coefficient (Wildman–Crippen LogP) is 1.46. The molecule has 0 radical (unpaired) electrons. The van der Waals surface area contributed by atoms with E-state index in [4.69, 9.17) is 5.73 Å². The fourth-order valence-corrected chi connectivity index (χ4v) is 3.00. The highest BCUT2D eigenvalue weighted by molar-refractivity contribution is 5.82. The van der Waals surface area contributed by atoms with Crippen molar-refractivity contribution in [3.63, 3.8) is 0 Å². The van der Waals surface area contributed by atoms with E-state index in [0.29, 0.717) is 6.54 Å². The fourth-order valence-electron chi connectivity index (χ4n) is 3.00. The summed E-state index contributed by atoms with van der Waals surface area (Å²) < 4.78 is 0. The van der Waals surface area contributed by atoms with Crippen LogP contribution in [0.1, 0.15) is 22.7 Å². The first kappa shape index (κ1) is 18.4. The minimum atomic E-state index is -0.658. The number of aryl methyl sites for hydroxylation is 1. The molecule has 1 saturated heterocycles. The van der Waals surface area contributed by atoms with Gasteiger partial charge in [-0.25, -0.2) is 4.98 Å². The third kappa shape index (κ3) is 4.59. The van der Waals surface area contributed by atoms with Crippen molar-refractivity contribution in [2.24, 2.45) is 5.73 Å². The molecule has 1 aliphatic heterocycles. The van der Waals surface area contributed by atoms with Crippen LogP contribution in [0, 0.1) is 6.92 Å². The van der Waals surface area contributed by atoms with Crippen molar-refractivity contribution in [2.45, 2.75) is 19.5 Å². The molecule has 0 saturated carbocycles. The number of nitrogens with one attached hydrogen (secondary N) is 1. The Hall–Kier alpha value is -2.44. The summed E-state index contributed by atoms with van der Waals surface area (Å²) in [7, 11) is 2.13. The number of nitrogens with two attached hydrogens (primary N) is 1. The summed E-state index contributed by atoms with van der Waals surface area (Å²) in [5.41, 5.74) is 9.07. The first-order valence-electron chi connectivity index (χ1n) is 9.01. The van der Waals surface area contributed by atoms with E-state index in [0.717, 1.165) is 48.7 Å². The number of aromatic nitrogens is 1. The van der Waals surface area contributed by atoms with Gasteiger partial charge in [-0.15, -0.1) is 0 Å². The molecule has 1 aliphatic rings. The van der Waals surface area contributed by atoms with Gasteiger partial charge in [-0.3, -0.25) is 4.79 Å². The lowest BCUT2D eigenvalue weighted by Crippen LogP contribution is -2.44. The van der Waals surface area contributed by atoms with Gasteiger partial charge in [0.05, 0.1) is 0 Å². The van der Waals surface area contributed by atoms with Crippen LogP contribution in [-0.2, 0) is 11.3 Å². The number of benzene rings is 1. The van der Waals surface area contributed by atoms with Crippen molar-refractivity contribution in [1.82, 2.24) is 15.2 Å². The second-order valence-electron chi connectivity index (χ2n) is 6.92. The zero-order valence-corrected chi connectivity index (χ0v) is 15.5. The Morgan fingerprint density at radius 3 is 2.58 bits per heavy atom. The van der Waals surface area contributed by atoms with E-state index >= 15 is 0 Å². The second kappa shape index (κ2) is 8.29. The fraction of sp³-hybridized carbons (Fsp3) is 0.400. The van der Waals surface area contributed by atoms with Crippen LogP contribution in [0.15, 0.2) is 42.6 Å². The van der Waals surface area contributed by atoms with Crippen molar-refractivity contribution in [1.29, 1.82) is 0 Å². The van der Waals surface area contributed by atoms with Crippen LogP contribution in [0.2, 0.25) is 0 Å². The Balaban J connectivity index is 1.58. The van der Waals surface area contributed by atoms with Crippen molar-refractivity contribution >= 4 is 11.7 Å². The molecule has 1 aromatic heterocycles. The molecular formula is C20H27N5O. The number of carbonyl (C=O) groups is 1. The van der Waals surface area contributed by atoms with Crippen LogP contribution in [0.5, 0.6) is 0 Å². The van der Waals surface area contributed by atoms with Crippen LogP contribution in [0.4, 0.5) is 5.82 Å². The van der Waals surface area contributed by atoms with Crippen LogP contribution in [-0.4, -0.2) is 49.0 Å². The first-order chi connectivity index (χ1) is 12.5. The average Bonchev–Trinajstić information content (AvgIpc) is 2.67. The quantitative estimate of drug-likeness (QED) is 0.851. The summed E-state index contributed by atoms with van der Waals surface area (Å²) in [6.07, 6.45) is 1.80. The molecule has 0 bridgehead atoms. The third-order valence-corrected chi connectivity index (χ3v) is 4.82. The molecule has 26 heavy (non-hydrogen) atoms. The summed E-state index contributed by atoms with van der Waals surface area (Å²) in [5, 5.41) is 2.93. The lowest BCUT2D eigenvalue weighted by atomic mass is 10.1. The van der Waals surface area contributed by atoms with Gasteiger partial charge in [0.1, 0.15) is 11.9 Å². The molecule has 3 rings (SSSR count). The van der Waals surface area contributed by atoms with E-state index in [2.05, 4.69) is 27.1 Å². The van der Waals surface area contributed by atoms with Gasteiger partial charge in [-0.2, -0.15) is 0 Å². The molecule has 1 unspecified atom stereocenters. The Morgan fingerprint density at radius 1 is 1.19 bits per heavy atom. The lowest BCUT2D eigenvalue weighted by Gasteiger charge is -2.33. The predicted molar refractivity (Wildman–Crippen MR) is 104 cm³/mol. The third-order valence-electron chi connectivity index (χ3n) is 4.82. The lowest BCUT2D eigenvalue weighted by molar-refractivity contribution is -0.122. The standard InChI is InChI=1S/C20H27N5O/c1-15-3-5-17(6-4-15)19(21)20(26)23-14-16-7-8-22-18(13-16)25-11-9-24(2)10-12-25/h3-8,13,19H,9-12,14,21H2,1-2H3,(H,23,26). The summed E-state index contributed by atoms with van der Waals surface area (Å²) >= 11 is 0. The van der Waals surface area contributed by atoms with Gasteiger partial charge in [-0.05, 0) is 37.2 Å². The molecule has 1 atom stereocenters. The van der Waals surface area contributed by atoms with Crippen molar-refractivity contribution in [3.8, 4) is 0 Å². The van der Waals surface area contributed by atoms with E-state index in [1.165, 1.54) is 0 Å². The maximum atomic E-state index is 12.4. The normalized spacial score (nSPS) is 16.3. The topological polar surface area (TPSA) is 74.5 Å². The number of hydrogen-bond acceptors (Lipinski definition) is 5. The number of carbonyl (C=O) groups excluding carboxylic acids is 1. The zero-order valence-electron chi connectivity index (χ0n) is 15.5. The van der Waals surface area contributed by atoms with Gasteiger partial charge >= 0.3 is 0 Å². The molecule has 3 N–H and O–H groups in total. The number of rotatable bonds is 5. The van der Waals surface area contributed by atoms with Gasteiger partial charge < -0.3 is 20.9 Å². The molecule has 6 heteroatoms. The molecule has 0 aliphatic carbocycles. The number of nitrogens with zero attached hydrogens (tertiary/aromatic N) is 3. The Bertz CT molecular complexity index is 738. The summed E-state index contributed by atoms with van der Waals surface area (Å²) in [4.78, 5) is 21.4. The van der Waals surface area contributed by atoms with E-state index in [1.54, 1.807) is 6.20 Å².